The number of hydrogen-bond donors (Lipinski definition) is 2. The van der Waals surface area contributed by atoms with E-state index in [4.69, 9.17) is 11.6 Å². The molecule has 0 saturated heterocycles. The maximum atomic E-state index is 11.9. The van der Waals surface area contributed by atoms with Crippen molar-refractivity contribution in [1.82, 2.24) is 10.6 Å². The lowest BCUT2D eigenvalue weighted by Crippen LogP contribution is -2.31. The van der Waals surface area contributed by atoms with Crippen molar-refractivity contribution in [2.24, 2.45) is 0 Å². The number of hydrogen-bond acceptors (Lipinski definition) is 2. The lowest BCUT2D eigenvalue weighted by molar-refractivity contribution is -0.120. The Morgan fingerprint density at radius 3 is 2.26 bits per heavy atom. The second-order valence-electron chi connectivity index (χ2n) is 5.10. The van der Waals surface area contributed by atoms with Crippen LogP contribution in [0.1, 0.15) is 22.3 Å². The summed E-state index contributed by atoms with van der Waals surface area (Å²) in [6.07, 6.45) is 1.05. The summed E-state index contributed by atoms with van der Waals surface area (Å²) in [7, 11) is 0. The summed E-state index contributed by atoms with van der Waals surface area (Å²) in [5.41, 5.74) is 1.71. The van der Waals surface area contributed by atoms with E-state index in [1.807, 2.05) is 30.3 Å². The molecule has 120 valence electrons. The molecular weight excluding hydrogens is 312 g/mol. The summed E-state index contributed by atoms with van der Waals surface area (Å²) in [6.45, 7) is 0.895. The summed E-state index contributed by atoms with van der Waals surface area (Å²) < 4.78 is 0. The molecule has 0 aliphatic heterocycles. The number of amides is 2. The number of nitrogens with one attached hydrogen (secondary N) is 2. The van der Waals surface area contributed by atoms with Crippen LogP contribution >= 0.6 is 11.6 Å². The van der Waals surface area contributed by atoms with Crippen molar-refractivity contribution in [2.75, 3.05) is 13.1 Å². The molecule has 0 fully saturated rings. The van der Waals surface area contributed by atoms with Crippen molar-refractivity contribution in [3.05, 3.63) is 70.7 Å². The van der Waals surface area contributed by atoms with E-state index >= 15 is 0 Å². The van der Waals surface area contributed by atoms with Crippen LogP contribution in [0.2, 0.25) is 5.02 Å². The van der Waals surface area contributed by atoms with Gasteiger partial charge in [0, 0.05) is 30.1 Å². The van der Waals surface area contributed by atoms with Gasteiger partial charge in [-0.05, 0) is 36.2 Å². The maximum Gasteiger partial charge on any atom is 0.251 e. The maximum absolute atomic E-state index is 11.9. The van der Waals surface area contributed by atoms with Crippen molar-refractivity contribution >= 4 is 23.4 Å². The molecule has 2 N–H and O–H groups in total. The Balaban J connectivity index is 1.62. The van der Waals surface area contributed by atoms with Gasteiger partial charge < -0.3 is 10.6 Å². The third-order valence-electron chi connectivity index (χ3n) is 3.32. The van der Waals surface area contributed by atoms with Gasteiger partial charge in [-0.3, -0.25) is 9.59 Å². The molecule has 0 aromatic heterocycles. The largest absolute Gasteiger partial charge is 0.356 e. The molecule has 0 aliphatic rings. The Kier molecular flexibility index (Phi) is 6.63. The molecule has 2 amide bonds. The van der Waals surface area contributed by atoms with Crippen molar-refractivity contribution < 1.29 is 9.59 Å². The summed E-state index contributed by atoms with van der Waals surface area (Å²) in [6, 6.07) is 16.6. The molecule has 23 heavy (non-hydrogen) atoms. The van der Waals surface area contributed by atoms with Gasteiger partial charge in [0.25, 0.3) is 5.91 Å². The first-order valence-electron chi connectivity index (χ1n) is 7.49. The first-order valence-corrected chi connectivity index (χ1v) is 7.87. The fourth-order valence-electron chi connectivity index (χ4n) is 2.07. The van der Waals surface area contributed by atoms with E-state index in [2.05, 4.69) is 10.6 Å². The average molecular weight is 331 g/mol. The van der Waals surface area contributed by atoms with Crippen molar-refractivity contribution in [3.63, 3.8) is 0 Å². The van der Waals surface area contributed by atoms with Crippen molar-refractivity contribution in [1.29, 1.82) is 0 Å². The Morgan fingerprint density at radius 1 is 0.870 bits per heavy atom. The van der Waals surface area contributed by atoms with Crippen LogP contribution in [0.25, 0.3) is 0 Å². The molecule has 0 spiro atoms. The summed E-state index contributed by atoms with van der Waals surface area (Å²) in [5.74, 6) is -0.281. The lowest BCUT2D eigenvalue weighted by Gasteiger charge is -2.07. The second kappa shape index (κ2) is 8.96. The predicted octanol–water partition coefficient (Wildman–Crippen LogP) is 2.82. The van der Waals surface area contributed by atoms with Gasteiger partial charge in [-0.25, -0.2) is 0 Å². The molecule has 2 rings (SSSR count). The minimum atomic E-state index is -0.209. The van der Waals surface area contributed by atoms with Crippen LogP contribution in [0.3, 0.4) is 0 Å². The van der Waals surface area contributed by atoms with Crippen LogP contribution in [-0.2, 0) is 11.2 Å². The SMILES string of the molecule is O=C(CCNC(=O)c1ccc(Cl)cc1)NCCc1ccccc1. The first-order chi connectivity index (χ1) is 11.1. The van der Waals surface area contributed by atoms with Crippen molar-refractivity contribution in [3.8, 4) is 0 Å². The third kappa shape index (κ3) is 6.12. The Morgan fingerprint density at radius 2 is 1.57 bits per heavy atom. The highest BCUT2D eigenvalue weighted by molar-refractivity contribution is 6.30. The van der Waals surface area contributed by atoms with Gasteiger partial charge in [0.05, 0.1) is 0 Å². The standard InChI is InChI=1S/C18H19ClN2O2/c19-16-8-6-15(7-9-16)18(23)21-13-11-17(22)20-12-10-14-4-2-1-3-5-14/h1-9H,10-13H2,(H,20,22)(H,21,23). The fraction of sp³-hybridized carbons (Fsp3) is 0.222. The molecule has 0 aliphatic carbocycles. The number of carbonyl (C=O) groups is 2. The van der Waals surface area contributed by atoms with E-state index in [1.54, 1.807) is 24.3 Å². The van der Waals surface area contributed by atoms with Crippen LogP contribution in [0.4, 0.5) is 0 Å². The van der Waals surface area contributed by atoms with Crippen LogP contribution in [0.15, 0.2) is 54.6 Å². The van der Waals surface area contributed by atoms with Crippen LogP contribution < -0.4 is 10.6 Å². The summed E-state index contributed by atoms with van der Waals surface area (Å²) in [4.78, 5) is 23.6. The Bertz CT molecular complexity index is 642. The molecule has 2 aromatic carbocycles. The van der Waals surface area contributed by atoms with Gasteiger partial charge in [0.15, 0.2) is 0 Å². The molecule has 0 unspecified atom stereocenters. The summed E-state index contributed by atoms with van der Waals surface area (Å²) >= 11 is 5.77. The molecular formula is C18H19ClN2O2. The molecule has 0 heterocycles. The van der Waals surface area contributed by atoms with E-state index in [0.29, 0.717) is 23.7 Å². The lowest BCUT2D eigenvalue weighted by atomic mass is 10.1. The molecule has 2 aromatic rings. The highest BCUT2D eigenvalue weighted by Gasteiger charge is 2.06. The van der Waals surface area contributed by atoms with Crippen LogP contribution in [0.5, 0.6) is 0 Å². The zero-order chi connectivity index (χ0) is 16.5. The van der Waals surface area contributed by atoms with Gasteiger partial charge in [-0.1, -0.05) is 41.9 Å². The van der Waals surface area contributed by atoms with E-state index in [1.165, 1.54) is 5.56 Å². The molecule has 5 heteroatoms. The molecule has 0 saturated carbocycles. The Hall–Kier alpha value is -2.33. The minimum absolute atomic E-state index is 0.0719. The highest BCUT2D eigenvalue weighted by Crippen LogP contribution is 2.09. The minimum Gasteiger partial charge on any atom is -0.356 e. The monoisotopic (exact) mass is 330 g/mol. The zero-order valence-electron chi connectivity index (χ0n) is 12.7. The first kappa shape index (κ1) is 17.0. The van der Waals surface area contributed by atoms with E-state index in [9.17, 15) is 9.59 Å². The van der Waals surface area contributed by atoms with Gasteiger partial charge in [-0.15, -0.1) is 0 Å². The van der Waals surface area contributed by atoms with Gasteiger partial charge in [0.2, 0.25) is 5.91 Å². The zero-order valence-corrected chi connectivity index (χ0v) is 13.5. The van der Waals surface area contributed by atoms with Gasteiger partial charge in [-0.2, -0.15) is 0 Å². The van der Waals surface area contributed by atoms with Crippen LogP contribution in [0, 0.1) is 0 Å². The van der Waals surface area contributed by atoms with Gasteiger partial charge in [0.1, 0.15) is 0 Å². The van der Waals surface area contributed by atoms with E-state index in [0.717, 1.165) is 6.42 Å². The van der Waals surface area contributed by atoms with Crippen molar-refractivity contribution in [2.45, 2.75) is 12.8 Å². The average Bonchev–Trinajstić information content (AvgIpc) is 2.56. The smallest absolute Gasteiger partial charge is 0.251 e. The number of carbonyl (C=O) groups excluding carboxylic acids is 2. The van der Waals surface area contributed by atoms with E-state index in [-0.39, 0.29) is 18.2 Å². The normalized spacial score (nSPS) is 10.1. The Labute approximate surface area is 140 Å². The second-order valence-corrected chi connectivity index (χ2v) is 5.53. The summed E-state index contributed by atoms with van der Waals surface area (Å²) in [5, 5.41) is 6.14. The third-order valence-corrected chi connectivity index (χ3v) is 3.57. The van der Waals surface area contributed by atoms with Gasteiger partial charge >= 0.3 is 0 Å². The molecule has 4 nitrogen and oxygen atoms in total. The highest BCUT2D eigenvalue weighted by atomic mass is 35.5. The number of benzene rings is 2. The number of rotatable bonds is 7. The quantitative estimate of drug-likeness (QED) is 0.820. The molecule has 0 radical (unpaired) electrons. The molecule has 0 atom stereocenters. The van der Waals surface area contributed by atoms with E-state index < -0.39 is 0 Å². The fourth-order valence-corrected chi connectivity index (χ4v) is 2.20. The predicted molar refractivity (Wildman–Crippen MR) is 91.6 cm³/mol. The van der Waals surface area contributed by atoms with Crippen LogP contribution in [-0.4, -0.2) is 24.9 Å². The molecule has 0 bridgehead atoms. The topological polar surface area (TPSA) is 58.2 Å². The number of halogens is 1.